The van der Waals surface area contributed by atoms with Crippen molar-refractivity contribution in [1.29, 1.82) is 0 Å². The van der Waals surface area contributed by atoms with Gasteiger partial charge >= 0.3 is 18.3 Å². The Labute approximate surface area is 106 Å². The van der Waals surface area contributed by atoms with Crippen LogP contribution >= 0.6 is 11.3 Å². The number of benzene rings is 1. The Balaban J connectivity index is 2.62. The molecule has 1 aromatic heterocycles. The van der Waals surface area contributed by atoms with E-state index in [0.717, 1.165) is 17.4 Å². The molecule has 0 fully saturated rings. The van der Waals surface area contributed by atoms with Crippen LogP contribution in [-0.4, -0.2) is 17.3 Å². The van der Waals surface area contributed by atoms with Gasteiger partial charge in [-0.3, -0.25) is 0 Å². The minimum Gasteiger partial charge on any atom is -0.398 e. The quantitative estimate of drug-likeness (QED) is 0.690. The highest BCUT2D eigenvalue weighted by Crippen LogP contribution is 2.48. The number of nitrogens with two attached hydrogens (primary N) is 1. The van der Waals surface area contributed by atoms with Crippen LogP contribution in [0.4, 0.5) is 32.0 Å². The fraction of sp³-hybridized carbons (Fsp3) is 0.300. The number of aromatic nitrogens is 1. The van der Waals surface area contributed by atoms with Crippen LogP contribution in [0, 0.1) is 0 Å². The Kier molecular flexibility index (Phi) is 3.12. The van der Waals surface area contributed by atoms with Gasteiger partial charge in [0, 0.05) is 5.69 Å². The van der Waals surface area contributed by atoms with Gasteiger partial charge in [-0.25, -0.2) is 13.8 Å². The van der Waals surface area contributed by atoms with Gasteiger partial charge in [0.1, 0.15) is 0 Å². The van der Waals surface area contributed by atoms with Crippen LogP contribution in [0.2, 0.25) is 0 Å². The van der Waals surface area contributed by atoms with Crippen LogP contribution in [0.1, 0.15) is 5.56 Å². The van der Waals surface area contributed by atoms with Gasteiger partial charge in [0.05, 0.1) is 21.3 Å². The van der Waals surface area contributed by atoms with Crippen LogP contribution in [-0.2, 0) is 5.92 Å². The summed E-state index contributed by atoms with van der Waals surface area (Å²) in [4.78, 5) is 3.76. The first-order valence-electron chi connectivity index (χ1n) is 4.85. The molecule has 19 heavy (non-hydrogen) atoms. The number of rotatable bonds is 3. The molecule has 1 heterocycles. The highest BCUT2D eigenvalue weighted by molar-refractivity contribution is 7.16. The lowest BCUT2D eigenvalue weighted by Gasteiger charge is -2.26. The average Bonchev–Trinajstić information content (AvgIpc) is 2.74. The molecule has 0 spiro atoms. The highest BCUT2D eigenvalue weighted by Gasteiger charge is 2.64. The van der Waals surface area contributed by atoms with Gasteiger partial charge in [-0.2, -0.15) is 17.6 Å². The second-order valence-corrected chi connectivity index (χ2v) is 4.64. The molecular formula is C10H6F6N2S. The third-order valence-corrected chi connectivity index (χ3v) is 3.33. The van der Waals surface area contributed by atoms with Gasteiger partial charge in [-0.1, -0.05) is 0 Å². The van der Waals surface area contributed by atoms with Crippen molar-refractivity contribution in [2.75, 3.05) is 5.73 Å². The maximum atomic E-state index is 13.6. The van der Waals surface area contributed by atoms with E-state index < -0.39 is 29.5 Å². The summed E-state index contributed by atoms with van der Waals surface area (Å²) in [7, 11) is 0. The second kappa shape index (κ2) is 4.26. The fourth-order valence-electron chi connectivity index (χ4n) is 1.51. The molecule has 104 valence electrons. The van der Waals surface area contributed by atoms with Crippen molar-refractivity contribution in [3.63, 3.8) is 0 Å². The summed E-state index contributed by atoms with van der Waals surface area (Å²) in [6, 6.07) is 1.62. The van der Waals surface area contributed by atoms with Crippen molar-refractivity contribution in [3.05, 3.63) is 23.2 Å². The van der Waals surface area contributed by atoms with E-state index in [1.54, 1.807) is 0 Å². The molecule has 1 aromatic carbocycles. The summed E-state index contributed by atoms with van der Waals surface area (Å²) in [5.41, 5.74) is 4.75. The highest BCUT2D eigenvalue weighted by atomic mass is 32.1. The Hall–Kier alpha value is -1.51. The molecule has 0 amide bonds. The minimum absolute atomic E-state index is 0.161. The van der Waals surface area contributed by atoms with Crippen LogP contribution in [0.3, 0.4) is 0 Å². The lowest BCUT2D eigenvalue weighted by atomic mass is 10.0. The zero-order valence-electron chi connectivity index (χ0n) is 9.01. The summed E-state index contributed by atoms with van der Waals surface area (Å²) >= 11 is 0.913. The summed E-state index contributed by atoms with van der Waals surface area (Å²) in [5, 5.41) is 0. The fourth-order valence-corrected chi connectivity index (χ4v) is 2.21. The van der Waals surface area contributed by atoms with E-state index in [0.29, 0.717) is 6.07 Å². The summed E-state index contributed by atoms with van der Waals surface area (Å²) in [5.74, 6) is -10.6. The van der Waals surface area contributed by atoms with Gasteiger partial charge in [-0.05, 0) is 12.1 Å². The maximum absolute atomic E-state index is 13.6. The molecule has 0 saturated carbocycles. The molecule has 9 heteroatoms. The SMILES string of the molecule is Nc1cc2ncsc2cc1C(F)(F)C(F)(F)C(F)F. The summed E-state index contributed by atoms with van der Waals surface area (Å²) in [6.45, 7) is 0. The van der Waals surface area contributed by atoms with Crippen LogP contribution in [0.25, 0.3) is 10.2 Å². The number of nitrogens with zero attached hydrogens (tertiary/aromatic N) is 1. The lowest BCUT2D eigenvalue weighted by Crippen LogP contribution is -2.44. The molecule has 2 aromatic rings. The molecule has 0 bridgehead atoms. The van der Waals surface area contributed by atoms with E-state index in [1.807, 2.05) is 0 Å². The molecule has 2 N–H and O–H groups in total. The number of thiazole rings is 1. The van der Waals surface area contributed by atoms with Crippen LogP contribution in [0.5, 0.6) is 0 Å². The first-order valence-corrected chi connectivity index (χ1v) is 5.73. The Morgan fingerprint density at radius 3 is 2.37 bits per heavy atom. The van der Waals surface area contributed by atoms with Gasteiger partial charge in [0.25, 0.3) is 0 Å². The number of fused-ring (bicyclic) bond motifs is 1. The standard InChI is InChI=1S/C10H6F6N2S/c11-8(12)10(15,16)9(13,14)4-1-7-6(2-5(4)17)18-3-19-7/h1-3,8H,17H2. The Morgan fingerprint density at radius 1 is 1.16 bits per heavy atom. The maximum Gasteiger partial charge on any atom is 0.373 e. The molecule has 0 aliphatic rings. The van der Waals surface area contributed by atoms with Crippen molar-refractivity contribution >= 4 is 27.2 Å². The zero-order chi connectivity index (χ0) is 14.4. The van der Waals surface area contributed by atoms with Gasteiger partial charge in [-0.15, -0.1) is 11.3 Å². The molecule has 0 saturated heterocycles. The van der Waals surface area contributed by atoms with E-state index in [-0.39, 0.29) is 10.2 Å². The molecule has 0 unspecified atom stereocenters. The Morgan fingerprint density at radius 2 is 1.79 bits per heavy atom. The number of hydrogen-bond donors (Lipinski definition) is 1. The second-order valence-electron chi connectivity index (χ2n) is 3.76. The largest absolute Gasteiger partial charge is 0.398 e. The molecule has 0 radical (unpaired) electrons. The Bertz CT molecular complexity index is 609. The van der Waals surface area contributed by atoms with E-state index in [9.17, 15) is 26.3 Å². The van der Waals surface area contributed by atoms with Gasteiger partial charge in [0.15, 0.2) is 0 Å². The zero-order valence-corrected chi connectivity index (χ0v) is 9.83. The van der Waals surface area contributed by atoms with Crippen LogP contribution < -0.4 is 5.73 Å². The summed E-state index contributed by atoms with van der Waals surface area (Å²) in [6.07, 6.45) is -4.50. The van der Waals surface area contributed by atoms with Crippen molar-refractivity contribution in [3.8, 4) is 0 Å². The first-order chi connectivity index (χ1) is 8.68. The summed E-state index contributed by atoms with van der Waals surface area (Å²) < 4.78 is 77.4. The number of halogens is 6. The molecule has 0 atom stereocenters. The normalized spacial score (nSPS) is 13.4. The average molecular weight is 300 g/mol. The van der Waals surface area contributed by atoms with Crippen molar-refractivity contribution in [1.82, 2.24) is 4.98 Å². The first kappa shape index (κ1) is 13.9. The number of nitrogen functional groups attached to an aromatic ring is 1. The predicted octanol–water partition coefficient (Wildman–Crippen LogP) is 3.87. The van der Waals surface area contributed by atoms with E-state index in [4.69, 9.17) is 5.73 Å². The third kappa shape index (κ3) is 2.01. The topological polar surface area (TPSA) is 38.9 Å². The van der Waals surface area contributed by atoms with Gasteiger partial charge in [0.2, 0.25) is 0 Å². The third-order valence-electron chi connectivity index (χ3n) is 2.53. The van der Waals surface area contributed by atoms with E-state index in [2.05, 4.69) is 4.98 Å². The van der Waals surface area contributed by atoms with Crippen molar-refractivity contribution in [2.45, 2.75) is 18.3 Å². The molecule has 2 nitrogen and oxygen atoms in total. The molecule has 0 aliphatic heterocycles. The number of anilines is 1. The number of hydrogen-bond acceptors (Lipinski definition) is 3. The smallest absolute Gasteiger partial charge is 0.373 e. The molecule has 0 aliphatic carbocycles. The minimum atomic E-state index is -5.50. The van der Waals surface area contributed by atoms with Gasteiger partial charge < -0.3 is 5.73 Å². The van der Waals surface area contributed by atoms with Crippen LogP contribution in [0.15, 0.2) is 17.6 Å². The monoisotopic (exact) mass is 300 g/mol. The molecular weight excluding hydrogens is 294 g/mol. The lowest BCUT2D eigenvalue weighted by molar-refractivity contribution is -0.270. The van der Waals surface area contributed by atoms with E-state index in [1.165, 1.54) is 5.51 Å². The molecule has 2 rings (SSSR count). The number of alkyl halides is 6. The van der Waals surface area contributed by atoms with Crippen molar-refractivity contribution < 1.29 is 26.3 Å². The van der Waals surface area contributed by atoms with Crippen molar-refractivity contribution in [2.24, 2.45) is 0 Å². The predicted molar refractivity (Wildman–Crippen MR) is 58.9 cm³/mol. The van der Waals surface area contributed by atoms with E-state index >= 15 is 0 Å².